The Hall–Kier alpha value is -7.15. The van der Waals surface area contributed by atoms with Crippen molar-refractivity contribution < 1.29 is 59.4 Å². The van der Waals surface area contributed by atoms with Gasteiger partial charge in [0.15, 0.2) is 0 Å². The van der Waals surface area contributed by atoms with E-state index in [1.54, 1.807) is 31.4 Å². The number of pyridine rings is 6. The summed E-state index contributed by atoms with van der Waals surface area (Å²) in [6.45, 7) is 12.5. The van der Waals surface area contributed by atoms with Crippen LogP contribution in [0.1, 0.15) is 33.6 Å². The van der Waals surface area contributed by atoms with Crippen LogP contribution in [0.4, 0.5) is 69.0 Å². The molecule has 18 nitrogen and oxygen atoms in total. The minimum atomic E-state index is 0. The Morgan fingerprint density at radius 1 is 0.307 bits per heavy atom. The molecule has 0 bridgehead atoms. The van der Waals surface area contributed by atoms with Gasteiger partial charge >= 0.3 is 0 Å². The Bertz CT molecular complexity index is 2890. The summed E-state index contributed by atoms with van der Waals surface area (Å²) in [4.78, 5) is 64.2. The van der Waals surface area contributed by atoms with E-state index in [9.17, 15) is 0 Å². The molecule has 0 aromatic carbocycles. The van der Waals surface area contributed by atoms with Gasteiger partial charge in [-0.1, -0.05) is 46.0 Å². The topological polar surface area (TPSA) is 174 Å². The van der Waals surface area contributed by atoms with Crippen molar-refractivity contribution in [2.24, 2.45) is 0 Å². The van der Waals surface area contributed by atoms with Crippen LogP contribution >= 0.6 is 0 Å². The van der Waals surface area contributed by atoms with Gasteiger partial charge in [0, 0.05) is 167 Å². The Kier molecular flexibility index (Phi) is 15.6. The Morgan fingerprint density at radius 3 is 1.03 bits per heavy atom. The number of hydrogen-bond acceptors (Lipinski definition) is 18. The summed E-state index contributed by atoms with van der Waals surface area (Å²) in [5.74, 6) is 4.35. The summed E-state index contributed by atoms with van der Waals surface area (Å²) < 4.78 is 0. The number of hydrogen-bond donors (Lipinski definition) is 0. The maximum Gasteiger partial charge on any atom is 0.112 e. The van der Waals surface area contributed by atoms with Crippen LogP contribution < -0.4 is 29.4 Å². The van der Waals surface area contributed by atoms with Crippen LogP contribution in [0, 0.1) is 57.5 Å². The summed E-state index contributed by atoms with van der Waals surface area (Å²) in [7, 11) is 0. The first-order valence-electron chi connectivity index (χ1n) is 23.3. The van der Waals surface area contributed by atoms with Crippen molar-refractivity contribution in [1.82, 2.24) is 59.8 Å². The Morgan fingerprint density at radius 2 is 0.627 bits per heavy atom. The van der Waals surface area contributed by atoms with Crippen LogP contribution in [0.15, 0.2) is 129 Å². The van der Waals surface area contributed by atoms with Crippen molar-refractivity contribution in [2.75, 3.05) is 29.4 Å². The molecule has 0 fully saturated rings. The molecule has 378 valence electrons. The molecule has 0 atom stereocenters. The molecule has 0 radical (unpaired) electrons. The number of fused-ring (bicyclic) bond motifs is 6. The van der Waals surface area contributed by atoms with Gasteiger partial charge in [0.25, 0.3) is 0 Å². The molecule has 0 spiro atoms. The minimum absolute atomic E-state index is 0. The first kappa shape index (κ1) is 51.3. The molecule has 0 aliphatic carbocycles. The van der Waals surface area contributed by atoms with E-state index < -0.39 is 0 Å². The van der Waals surface area contributed by atoms with Crippen molar-refractivity contribution >= 4 is 69.0 Å². The summed E-state index contributed by atoms with van der Waals surface area (Å²) in [5, 5.41) is 0. The molecule has 75 heavy (non-hydrogen) atoms. The number of aromatic nitrogens is 12. The summed E-state index contributed by atoms with van der Waals surface area (Å²) in [6, 6.07) is 26.0. The summed E-state index contributed by atoms with van der Waals surface area (Å²) >= 11 is 0. The van der Waals surface area contributed by atoms with Gasteiger partial charge in [0.1, 0.15) is 19.0 Å². The Labute approximate surface area is 473 Å². The van der Waals surface area contributed by atoms with E-state index in [1.165, 1.54) is 22.3 Å². The third-order valence-corrected chi connectivity index (χ3v) is 12.9. The van der Waals surface area contributed by atoms with E-state index in [0.717, 1.165) is 119 Å². The van der Waals surface area contributed by atoms with Crippen molar-refractivity contribution in [1.29, 1.82) is 0 Å². The predicted molar refractivity (Wildman–Crippen MR) is 269 cm³/mol. The first-order valence-corrected chi connectivity index (χ1v) is 23.3. The van der Waals surface area contributed by atoms with E-state index in [0.29, 0.717) is 0 Å². The van der Waals surface area contributed by atoms with E-state index >= 15 is 0 Å². The van der Waals surface area contributed by atoms with Gasteiger partial charge in [0.05, 0.1) is 0 Å². The minimum Gasteiger partial charge on any atom is -0.508 e. The second-order valence-electron chi connectivity index (χ2n) is 16.9. The molecule has 6 aliphatic heterocycles. The maximum atomic E-state index is 4.41. The molecule has 9 aromatic rings. The van der Waals surface area contributed by atoms with Crippen LogP contribution in [0.25, 0.3) is 0 Å². The Balaban J connectivity index is 0.000000126. The average Bonchev–Trinajstić information content (AvgIpc) is 4.33. The zero-order valence-corrected chi connectivity index (χ0v) is 47.1. The molecular formula is C54H39N18Os3-9. The van der Waals surface area contributed by atoms with Crippen LogP contribution in [0.5, 0.6) is 0 Å². The van der Waals surface area contributed by atoms with E-state index in [1.807, 2.05) is 128 Å². The zero-order chi connectivity index (χ0) is 47.8. The SMILES string of the molecule is [Os].[Os].[Os].[c-]1c(N2[CH-]Cc3ccncc32)ncnc1N1[CH-]Cc2ccncc21.[c-]1c(N2[CH-]Cc3cnccc32)ncnc1N1[CH-]Cc2cnccc21.[c-]1c(N2[CH-]Cc3ncccc32)ncnc1N1[CH-]Cc2ncccc21. The molecular weight excluding hydrogens is 1470 g/mol. The van der Waals surface area contributed by atoms with Gasteiger partial charge in [-0.25, -0.2) is 39.3 Å². The van der Waals surface area contributed by atoms with Gasteiger partial charge in [-0.05, 0) is 59.7 Å². The van der Waals surface area contributed by atoms with E-state index in [2.05, 4.69) is 117 Å². The van der Waals surface area contributed by atoms with Crippen LogP contribution in [-0.2, 0) is 97.9 Å². The fourth-order valence-corrected chi connectivity index (χ4v) is 9.40. The van der Waals surface area contributed by atoms with Crippen molar-refractivity contribution in [3.05, 3.63) is 221 Å². The fourth-order valence-electron chi connectivity index (χ4n) is 9.40. The molecule has 21 heteroatoms. The molecule has 0 unspecified atom stereocenters. The molecule has 15 heterocycles. The first-order chi connectivity index (χ1) is 35.7. The van der Waals surface area contributed by atoms with Gasteiger partial charge in [-0.2, -0.15) is 0 Å². The van der Waals surface area contributed by atoms with Crippen molar-refractivity contribution in [3.63, 3.8) is 0 Å². The number of anilines is 12. The van der Waals surface area contributed by atoms with E-state index in [-0.39, 0.29) is 59.4 Å². The van der Waals surface area contributed by atoms with Gasteiger partial charge in [0.2, 0.25) is 0 Å². The summed E-state index contributed by atoms with van der Waals surface area (Å²) in [6.07, 6.45) is 28.1. The number of nitrogens with zero attached hydrogens (tertiary/aromatic N) is 18. The zero-order valence-electron chi connectivity index (χ0n) is 39.4. The van der Waals surface area contributed by atoms with Gasteiger partial charge < -0.3 is 47.6 Å². The summed E-state index contributed by atoms with van der Waals surface area (Å²) in [5.41, 5.74) is 13.3. The van der Waals surface area contributed by atoms with Crippen molar-refractivity contribution in [3.8, 4) is 0 Å². The predicted octanol–water partition coefficient (Wildman–Crippen LogP) is 8.33. The smallest absolute Gasteiger partial charge is 0.112 e. The third kappa shape index (κ3) is 10.1. The maximum absolute atomic E-state index is 4.41. The van der Waals surface area contributed by atoms with Crippen LogP contribution in [0.3, 0.4) is 0 Å². The molecule has 0 saturated heterocycles. The monoisotopic (exact) mass is 1520 g/mol. The average molecular weight is 1510 g/mol. The molecule has 0 N–H and O–H groups in total. The van der Waals surface area contributed by atoms with E-state index in [4.69, 9.17) is 0 Å². The molecule has 9 aromatic heterocycles. The van der Waals surface area contributed by atoms with Crippen LogP contribution in [0.2, 0.25) is 0 Å². The van der Waals surface area contributed by atoms with Gasteiger partial charge in [-0.3, -0.25) is 59.8 Å². The second-order valence-corrected chi connectivity index (χ2v) is 16.9. The largest absolute Gasteiger partial charge is 0.508 e. The van der Waals surface area contributed by atoms with Crippen molar-refractivity contribution in [2.45, 2.75) is 38.5 Å². The fraction of sp³-hybridized carbons (Fsp3) is 0.111. The standard InChI is InChI=1S/3C18H13N6.3Os/c1-5-19-10-13-3-7-23(15(1)13)17-9-18(22-12-21-17)24-8-4-14-11-20-6-2-16(14)24;1-5-19-10-15-13(1)3-7-23(15)17-9-18(22-12-21-17)24-8-4-14-2-6-20-11-16(14)24;1-3-15-13(19-7-1)5-9-23(15)17-11-18(22-12-21-17)24-10-6-14-16(24)4-2-8-20-14;;;/h2*1-2,5-8,10-12H,3-4H2;1-4,7-10,12H,5-6H2;;;/q3*-3;;;. The molecule has 0 amide bonds. The van der Waals surface area contributed by atoms with Crippen LogP contribution in [-0.4, -0.2) is 59.8 Å². The molecule has 6 aliphatic rings. The molecule has 0 saturated carbocycles. The second kappa shape index (κ2) is 22.8. The molecule has 15 rings (SSSR count). The number of rotatable bonds is 6. The quantitative estimate of drug-likeness (QED) is 0.145. The normalized spacial score (nSPS) is 14.9. The van der Waals surface area contributed by atoms with Gasteiger partial charge in [-0.15, -0.1) is 38.5 Å². The third-order valence-electron chi connectivity index (χ3n) is 12.9.